The molecule has 3 N–H and O–H groups in total. The summed E-state index contributed by atoms with van der Waals surface area (Å²) in [5.41, 5.74) is 7.46. The van der Waals surface area contributed by atoms with Crippen LogP contribution in [0.2, 0.25) is 0 Å². The number of aryl methyl sites for hydroxylation is 1. The topological polar surface area (TPSA) is 95.7 Å². The zero-order valence-corrected chi connectivity index (χ0v) is 19.1. The molecule has 0 radical (unpaired) electrons. The lowest BCUT2D eigenvalue weighted by Gasteiger charge is -2.12. The van der Waals surface area contributed by atoms with Gasteiger partial charge in [-0.15, -0.1) is 0 Å². The van der Waals surface area contributed by atoms with Crippen LogP contribution < -0.4 is 15.5 Å². The number of thiocarbonyl (C=S) groups is 1. The summed E-state index contributed by atoms with van der Waals surface area (Å²) in [5, 5.41) is 7.79. The summed E-state index contributed by atoms with van der Waals surface area (Å²) in [6.07, 6.45) is 1.50. The van der Waals surface area contributed by atoms with Gasteiger partial charge in [0.2, 0.25) is 10.0 Å². The van der Waals surface area contributed by atoms with Gasteiger partial charge >= 0.3 is 0 Å². The SMILES string of the molecule is CC(=NNC(=S)Nc1cccc(C)c1C)c1ccc(S(=O)(=O)NCc2ccco2)cc1. The maximum absolute atomic E-state index is 12.4. The molecule has 1 aromatic heterocycles. The molecule has 2 aromatic carbocycles. The molecule has 0 aliphatic rings. The van der Waals surface area contributed by atoms with Crippen molar-refractivity contribution in [3.63, 3.8) is 0 Å². The van der Waals surface area contributed by atoms with E-state index in [1.165, 1.54) is 24.0 Å². The second-order valence-electron chi connectivity index (χ2n) is 6.94. The van der Waals surface area contributed by atoms with Gasteiger partial charge in [0.25, 0.3) is 0 Å². The van der Waals surface area contributed by atoms with Crippen LogP contribution in [-0.4, -0.2) is 19.2 Å². The number of nitrogens with one attached hydrogen (secondary N) is 3. The van der Waals surface area contributed by atoms with Crippen molar-refractivity contribution in [3.05, 3.63) is 83.3 Å². The highest BCUT2D eigenvalue weighted by Gasteiger charge is 2.14. The molecule has 0 aliphatic heterocycles. The van der Waals surface area contributed by atoms with Gasteiger partial charge in [-0.1, -0.05) is 24.3 Å². The minimum Gasteiger partial charge on any atom is -0.468 e. The average molecular weight is 457 g/mol. The van der Waals surface area contributed by atoms with Crippen LogP contribution in [0.4, 0.5) is 5.69 Å². The lowest BCUT2D eigenvalue weighted by Crippen LogP contribution is -2.25. The van der Waals surface area contributed by atoms with Crippen LogP contribution in [0.1, 0.15) is 29.4 Å². The summed E-state index contributed by atoms with van der Waals surface area (Å²) in [7, 11) is -3.64. The third-order valence-electron chi connectivity index (χ3n) is 4.78. The number of furan rings is 1. The van der Waals surface area contributed by atoms with Crippen LogP contribution in [0.3, 0.4) is 0 Å². The molecule has 0 amide bonds. The molecule has 0 saturated heterocycles. The zero-order chi connectivity index (χ0) is 22.4. The van der Waals surface area contributed by atoms with Gasteiger partial charge in [0, 0.05) is 5.69 Å². The fraction of sp³-hybridized carbons (Fsp3) is 0.182. The first kappa shape index (κ1) is 22.7. The number of hydrogen-bond acceptors (Lipinski definition) is 5. The summed E-state index contributed by atoms with van der Waals surface area (Å²) in [5.74, 6) is 0.541. The van der Waals surface area contributed by atoms with Gasteiger partial charge in [-0.3, -0.25) is 5.43 Å². The summed E-state index contributed by atoms with van der Waals surface area (Å²) >= 11 is 5.32. The number of anilines is 1. The maximum atomic E-state index is 12.4. The molecule has 1 heterocycles. The maximum Gasteiger partial charge on any atom is 0.240 e. The Hall–Kier alpha value is -3.01. The predicted molar refractivity (Wildman–Crippen MR) is 127 cm³/mol. The molecule has 0 unspecified atom stereocenters. The Bertz CT molecular complexity index is 1190. The Balaban J connectivity index is 1.61. The molecule has 7 nitrogen and oxygen atoms in total. The van der Waals surface area contributed by atoms with Gasteiger partial charge in [0.1, 0.15) is 5.76 Å². The first-order valence-electron chi connectivity index (χ1n) is 9.56. The first-order valence-corrected chi connectivity index (χ1v) is 11.5. The van der Waals surface area contributed by atoms with E-state index < -0.39 is 10.0 Å². The molecule has 0 spiro atoms. The third-order valence-corrected chi connectivity index (χ3v) is 6.39. The molecular formula is C22H24N4O3S2. The van der Waals surface area contributed by atoms with Crippen molar-refractivity contribution in [3.8, 4) is 0 Å². The fourth-order valence-electron chi connectivity index (χ4n) is 2.77. The van der Waals surface area contributed by atoms with Crippen molar-refractivity contribution in [2.45, 2.75) is 32.2 Å². The highest BCUT2D eigenvalue weighted by molar-refractivity contribution is 7.89. The van der Waals surface area contributed by atoms with E-state index in [1.54, 1.807) is 24.3 Å². The normalized spacial score (nSPS) is 11.9. The van der Waals surface area contributed by atoms with Crippen molar-refractivity contribution in [1.82, 2.24) is 10.1 Å². The van der Waals surface area contributed by atoms with E-state index in [0.29, 0.717) is 16.6 Å². The largest absolute Gasteiger partial charge is 0.468 e. The number of hydrazone groups is 1. The van der Waals surface area contributed by atoms with Crippen LogP contribution in [0.25, 0.3) is 0 Å². The van der Waals surface area contributed by atoms with E-state index in [9.17, 15) is 8.42 Å². The Morgan fingerprint density at radius 3 is 2.48 bits per heavy atom. The Morgan fingerprint density at radius 2 is 1.81 bits per heavy atom. The highest BCUT2D eigenvalue weighted by Crippen LogP contribution is 2.18. The van der Waals surface area contributed by atoms with Crippen molar-refractivity contribution < 1.29 is 12.8 Å². The van der Waals surface area contributed by atoms with Crippen molar-refractivity contribution in [1.29, 1.82) is 0 Å². The van der Waals surface area contributed by atoms with E-state index in [4.69, 9.17) is 16.6 Å². The van der Waals surface area contributed by atoms with Gasteiger partial charge in [-0.2, -0.15) is 5.10 Å². The van der Waals surface area contributed by atoms with E-state index in [2.05, 4.69) is 20.6 Å². The lowest BCUT2D eigenvalue weighted by atomic mass is 10.1. The third kappa shape index (κ3) is 6.00. The fourth-order valence-corrected chi connectivity index (χ4v) is 3.92. The molecule has 0 atom stereocenters. The van der Waals surface area contributed by atoms with Gasteiger partial charge < -0.3 is 9.73 Å². The number of benzene rings is 2. The predicted octanol–water partition coefficient (Wildman–Crippen LogP) is 4.09. The van der Waals surface area contributed by atoms with Crippen molar-refractivity contribution in [2.24, 2.45) is 5.10 Å². The minimum atomic E-state index is -3.64. The van der Waals surface area contributed by atoms with Crippen molar-refractivity contribution >= 4 is 38.8 Å². The zero-order valence-electron chi connectivity index (χ0n) is 17.5. The smallest absolute Gasteiger partial charge is 0.240 e. The van der Waals surface area contributed by atoms with E-state index in [-0.39, 0.29) is 11.4 Å². The highest BCUT2D eigenvalue weighted by atomic mass is 32.2. The summed E-state index contributed by atoms with van der Waals surface area (Å²) in [6.45, 7) is 5.96. The molecule has 162 valence electrons. The Labute approximate surface area is 187 Å². The number of nitrogens with zero attached hydrogens (tertiary/aromatic N) is 1. The second kappa shape index (κ2) is 9.86. The molecule has 0 fully saturated rings. The van der Waals surface area contributed by atoms with Crippen LogP contribution in [-0.2, 0) is 16.6 Å². The molecule has 3 aromatic rings. The van der Waals surface area contributed by atoms with E-state index >= 15 is 0 Å². The van der Waals surface area contributed by atoms with Crippen LogP contribution in [0.5, 0.6) is 0 Å². The molecular weight excluding hydrogens is 432 g/mol. The number of rotatable bonds is 7. The standard InChI is InChI=1S/C22H24N4O3S2/c1-15-6-4-8-21(16(15)2)24-22(30)26-25-17(3)18-9-11-20(12-10-18)31(27,28)23-14-19-7-5-13-29-19/h4-13,23H,14H2,1-3H3,(H2,24,26,30). The summed E-state index contributed by atoms with van der Waals surface area (Å²) in [4.78, 5) is 0.163. The van der Waals surface area contributed by atoms with Gasteiger partial charge in [-0.25, -0.2) is 13.1 Å². The van der Waals surface area contributed by atoms with Crippen LogP contribution in [0.15, 0.2) is 75.3 Å². The van der Waals surface area contributed by atoms with Gasteiger partial charge in [0.05, 0.1) is 23.4 Å². The summed E-state index contributed by atoms with van der Waals surface area (Å²) < 4.78 is 32.5. The molecule has 3 rings (SSSR count). The van der Waals surface area contributed by atoms with Crippen LogP contribution >= 0.6 is 12.2 Å². The molecule has 31 heavy (non-hydrogen) atoms. The van der Waals surface area contributed by atoms with Crippen molar-refractivity contribution in [2.75, 3.05) is 5.32 Å². The Kier molecular flexibility index (Phi) is 7.21. The quantitative estimate of drug-likeness (QED) is 0.282. The first-order chi connectivity index (χ1) is 14.8. The Morgan fingerprint density at radius 1 is 1.06 bits per heavy atom. The molecule has 0 bridgehead atoms. The van der Waals surface area contributed by atoms with E-state index in [1.807, 2.05) is 39.0 Å². The number of hydrogen-bond donors (Lipinski definition) is 3. The monoisotopic (exact) mass is 456 g/mol. The lowest BCUT2D eigenvalue weighted by molar-refractivity contribution is 0.498. The molecule has 0 aliphatic carbocycles. The molecule has 0 saturated carbocycles. The van der Waals surface area contributed by atoms with E-state index in [0.717, 1.165) is 16.8 Å². The average Bonchev–Trinajstić information content (AvgIpc) is 3.28. The van der Waals surface area contributed by atoms with Gasteiger partial charge in [0.15, 0.2) is 5.11 Å². The number of sulfonamides is 1. The summed E-state index contributed by atoms with van der Waals surface area (Å²) in [6, 6.07) is 15.8. The molecule has 9 heteroatoms. The van der Waals surface area contributed by atoms with Crippen LogP contribution in [0, 0.1) is 13.8 Å². The van der Waals surface area contributed by atoms with Gasteiger partial charge in [-0.05, 0) is 80.0 Å². The second-order valence-corrected chi connectivity index (χ2v) is 9.11. The minimum absolute atomic E-state index is 0.0896.